The Hall–Kier alpha value is -2.75. The van der Waals surface area contributed by atoms with Gasteiger partial charge in [-0.25, -0.2) is 0 Å². The van der Waals surface area contributed by atoms with Crippen LogP contribution < -0.4 is 9.47 Å². The lowest BCUT2D eigenvalue weighted by molar-refractivity contribution is 0.104. The van der Waals surface area contributed by atoms with Crippen molar-refractivity contribution in [2.45, 2.75) is 0 Å². The summed E-state index contributed by atoms with van der Waals surface area (Å²) in [4.78, 5) is 12.2. The highest BCUT2D eigenvalue weighted by Crippen LogP contribution is 2.25. The van der Waals surface area contributed by atoms with Gasteiger partial charge in [0.1, 0.15) is 17.2 Å². The van der Waals surface area contributed by atoms with Crippen LogP contribution in [0, 0.1) is 0 Å². The first kappa shape index (κ1) is 14.7. The molecule has 0 aliphatic heterocycles. The summed E-state index contributed by atoms with van der Waals surface area (Å²) in [6.07, 6.45) is 3.09. The summed E-state index contributed by atoms with van der Waals surface area (Å²) in [7, 11) is 3.06. The van der Waals surface area contributed by atoms with Crippen molar-refractivity contribution in [1.82, 2.24) is 0 Å². The molecule has 0 aliphatic rings. The van der Waals surface area contributed by atoms with Crippen LogP contribution in [0.1, 0.15) is 15.9 Å². The zero-order chi connectivity index (χ0) is 15.2. The highest BCUT2D eigenvalue weighted by atomic mass is 16.5. The van der Waals surface area contributed by atoms with E-state index >= 15 is 0 Å². The number of ether oxygens (including phenoxy) is 2. The van der Waals surface area contributed by atoms with Gasteiger partial charge in [0.15, 0.2) is 5.78 Å². The third kappa shape index (κ3) is 3.63. The molecule has 0 spiro atoms. The van der Waals surface area contributed by atoms with Gasteiger partial charge in [0, 0.05) is 6.07 Å². The number of methoxy groups -OCH3 is 2. The minimum Gasteiger partial charge on any atom is -0.508 e. The molecule has 108 valence electrons. The maximum absolute atomic E-state index is 12.2. The molecular weight excluding hydrogens is 268 g/mol. The van der Waals surface area contributed by atoms with Gasteiger partial charge in [-0.05, 0) is 35.9 Å². The van der Waals surface area contributed by atoms with E-state index < -0.39 is 0 Å². The van der Waals surface area contributed by atoms with E-state index in [1.165, 1.54) is 13.2 Å². The molecule has 21 heavy (non-hydrogen) atoms. The molecule has 2 aromatic carbocycles. The summed E-state index contributed by atoms with van der Waals surface area (Å²) < 4.78 is 10.3. The average Bonchev–Trinajstić information content (AvgIpc) is 2.52. The first-order valence-electron chi connectivity index (χ1n) is 6.37. The molecule has 2 aromatic rings. The van der Waals surface area contributed by atoms with Crippen LogP contribution in [0.2, 0.25) is 0 Å². The molecule has 0 saturated carbocycles. The zero-order valence-electron chi connectivity index (χ0n) is 11.9. The van der Waals surface area contributed by atoms with Crippen molar-refractivity contribution in [1.29, 1.82) is 0 Å². The second kappa shape index (κ2) is 6.61. The third-order valence-corrected chi connectivity index (χ3v) is 2.97. The Morgan fingerprint density at radius 1 is 1.10 bits per heavy atom. The molecule has 0 aromatic heterocycles. The van der Waals surface area contributed by atoms with Crippen molar-refractivity contribution in [3.63, 3.8) is 0 Å². The van der Waals surface area contributed by atoms with E-state index in [2.05, 4.69) is 0 Å². The lowest BCUT2D eigenvalue weighted by Gasteiger charge is -2.07. The fourth-order valence-electron chi connectivity index (χ4n) is 1.89. The van der Waals surface area contributed by atoms with Gasteiger partial charge < -0.3 is 14.6 Å². The highest BCUT2D eigenvalue weighted by Gasteiger charge is 2.10. The van der Waals surface area contributed by atoms with Gasteiger partial charge in [0.25, 0.3) is 0 Å². The number of hydrogen-bond donors (Lipinski definition) is 1. The van der Waals surface area contributed by atoms with Crippen molar-refractivity contribution >= 4 is 11.9 Å². The Morgan fingerprint density at radius 2 is 1.90 bits per heavy atom. The standard InChI is InChI=1S/C17H16O4/c1-20-14-7-8-15(17(11-14)21-2)16(19)9-6-12-4-3-5-13(18)10-12/h3-11,18H,1-2H3. The quantitative estimate of drug-likeness (QED) is 0.676. The van der Waals surface area contributed by atoms with Crippen LogP contribution in [0.25, 0.3) is 6.08 Å². The van der Waals surface area contributed by atoms with Crippen molar-refractivity contribution in [2.75, 3.05) is 14.2 Å². The Balaban J connectivity index is 2.24. The van der Waals surface area contributed by atoms with Gasteiger partial charge in [0.05, 0.1) is 19.8 Å². The summed E-state index contributed by atoms with van der Waals surface area (Å²) in [6.45, 7) is 0. The van der Waals surface area contributed by atoms with E-state index in [4.69, 9.17) is 9.47 Å². The molecular formula is C17H16O4. The molecule has 0 amide bonds. The number of carbonyl (C=O) groups is 1. The predicted molar refractivity (Wildman–Crippen MR) is 81.0 cm³/mol. The number of phenolic OH excluding ortho intramolecular Hbond substituents is 1. The molecule has 0 fully saturated rings. The fraction of sp³-hybridized carbons (Fsp3) is 0.118. The first-order chi connectivity index (χ1) is 10.1. The Bertz CT molecular complexity index is 674. The molecule has 1 N–H and O–H groups in total. The van der Waals surface area contributed by atoms with Gasteiger partial charge in [-0.2, -0.15) is 0 Å². The third-order valence-electron chi connectivity index (χ3n) is 2.97. The van der Waals surface area contributed by atoms with E-state index in [-0.39, 0.29) is 11.5 Å². The number of allylic oxidation sites excluding steroid dienone is 1. The van der Waals surface area contributed by atoms with Crippen molar-refractivity contribution in [3.8, 4) is 17.2 Å². The van der Waals surface area contributed by atoms with Crippen LogP contribution in [0.15, 0.2) is 48.5 Å². The minimum absolute atomic E-state index is 0.159. The Morgan fingerprint density at radius 3 is 2.57 bits per heavy atom. The minimum atomic E-state index is -0.183. The molecule has 0 saturated heterocycles. The number of phenols is 1. The number of benzene rings is 2. The van der Waals surface area contributed by atoms with E-state index in [9.17, 15) is 9.90 Å². The summed E-state index contributed by atoms with van der Waals surface area (Å²) in [5.41, 5.74) is 1.20. The van der Waals surface area contributed by atoms with Crippen molar-refractivity contribution < 1.29 is 19.4 Å². The molecule has 4 nitrogen and oxygen atoms in total. The maximum Gasteiger partial charge on any atom is 0.189 e. The maximum atomic E-state index is 12.2. The van der Waals surface area contributed by atoms with Gasteiger partial charge in [-0.1, -0.05) is 18.2 Å². The Labute approximate surface area is 123 Å². The van der Waals surface area contributed by atoms with Gasteiger partial charge in [-0.15, -0.1) is 0 Å². The predicted octanol–water partition coefficient (Wildman–Crippen LogP) is 3.31. The molecule has 4 heteroatoms. The van der Waals surface area contributed by atoms with E-state index in [0.29, 0.717) is 17.1 Å². The zero-order valence-corrected chi connectivity index (χ0v) is 11.9. The smallest absolute Gasteiger partial charge is 0.189 e. The lowest BCUT2D eigenvalue weighted by Crippen LogP contribution is -1.99. The van der Waals surface area contributed by atoms with Gasteiger partial charge in [-0.3, -0.25) is 4.79 Å². The van der Waals surface area contributed by atoms with E-state index in [1.807, 2.05) is 0 Å². The van der Waals surface area contributed by atoms with E-state index in [1.54, 1.807) is 55.7 Å². The van der Waals surface area contributed by atoms with Crippen LogP contribution in [0.4, 0.5) is 0 Å². The van der Waals surface area contributed by atoms with Crippen molar-refractivity contribution in [2.24, 2.45) is 0 Å². The molecule has 0 heterocycles. The molecule has 2 rings (SSSR count). The second-order valence-corrected chi connectivity index (χ2v) is 4.36. The van der Waals surface area contributed by atoms with Crippen LogP contribution in [0.3, 0.4) is 0 Å². The van der Waals surface area contributed by atoms with Gasteiger partial charge >= 0.3 is 0 Å². The highest BCUT2D eigenvalue weighted by molar-refractivity contribution is 6.08. The normalized spacial score (nSPS) is 10.6. The lowest BCUT2D eigenvalue weighted by atomic mass is 10.1. The largest absolute Gasteiger partial charge is 0.508 e. The summed E-state index contributed by atoms with van der Waals surface area (Å²) in [5.74, 6) is 1.06. The topological polar surface area (TPSA) is 55.8 Å². The first-order valence-corrected chi connectivity index (χ1v) is 6.37. The van der Waals surface area contributed by atoms with Crippen molar-refractivity contribution in [3.05, 3.63) is 59.7 Å². The van der Waals surface area contributed by atoms with Gasteiger partial charge in [0.2, 0.25) is 0 Å². The number of hydrogen-bond acceptors (Lipinski definition) is 4. The monoisotopic (exact) mass is 284 g/mol. The molecule has 0 radical (unpaired) electrons. The molecule has 0 atom stereocenters. The number of rotatable bonds is 5. The Kier molecular flexibility index (Phi) is 4.61. The van der Waals surface area contributed by atoms with Crippen LogP contribution >= 0.6 is 0 Å². The van der Waals surface area contributed by atoms with Crippen LogP contribution in [0.5, 0.6) is 17.2 Å². The van der Waals surface area contributed by atoms with Crippen LogP contribution in [-0.2, 0) is 0 Å². The summed E-state index contributed by atoms with van der Waals surface area (Å²) in [5, 5.41) is 9.38. The molecule has 0 bridgehead atoms. The van der Waals surface area contributed by atoms with Crippen LogP contribution in [-0.4, -0.2) is 25.1 Å². The second-order valence-electron chi connectivity index (χ2n) is 4.36. The number of aromatic hydroxyl groups is 1. The molecule has 0 unspecified atom stereocenters. The average molecular weight is 284 g/mol. The SMILES string of the molecule is COc1ccc(C(=O)C=Cc2cccc(O)c2)c(OC)c1. The summed E-state index contributed by atoms with van der Waals surface area (Å²) in [6, 6.07) is 11.7. The van der Waals surface area contributed by atoms with E-state index in [0.717, 1.165) is 5.56 Å². The number of ketones is 1. The number of carbonyl (C=O) groups excluding carboxylic acids is 1. The summed E-state index contributed by atoms with van der Waals surface area (Å²) >= 11 is 0. The fourth-order valence-corrected chi connectivity index (χ4v) is 1.89. The molecule has 0 aliphatic carbocycles.